The van der Waals surface area contributed by atoms with E-state index < -0.39 is 10.1 Å². The normalized spacial score (nSPS) is 11.5. The van der Waals surface area contributed by atoms with Crippen LogP contribution in [0, 0.1) is 0 Å². The summed E-state index contributed by atoms with van der Waals surface area (Å²) in [6.45, 7) is 0.565. The molecule has 0 radical (unpaired) electrons. The molecule has 0 fully saturated rings. The maximum absolute atomic E-state index is 11.3. The Balaban J connectivity index is 1.91. The van der Waals surface area contributed by atoms with Crippen molar-refractivity contribution >= 4 is 32.3 Å². The summed E-state index contributed by atoms with van der Waals surface area (Å²) in [5.41, 5.74) is 8.13. The maximum Gasteiger partial charge on any atom is 0.294 e. The van der Waals surface area contributed by atoms with Crippen molar-refractivity contribution in [1.82, 2.24) is 0 Å². The number of benzene rings is 3. The summed E-state index contributed by atoms with van der Waals surface area (Å²) in [5.74, 6) is -0.204. The predicted molar refractivity (Wildman–Crippen MR) is 93.6 cm³/mol. The first-order valence-electron chi connectivity index (χ1n) is 7.15. The fourth-order valence-electron chi connectivity index (χ4n) is 2.42. The van der Waals surface area contributed by atoms with Gasteiger partial charge in [-0.2, -0.15) is 8.42 Å². The van der Waals surface area contributed by atoms with E-state index in [2.05, 4.69) is 5.32 Å². The highest BCUT2D eigenvalue weighted by atomic mass is 32.2. The van der Waals surface area contributed by atoms with Crippen LogP contribution in [-0.4, -0.2) is 18.1 Å². The molecule has 0 saturated heterocycles. The number of phenols is 1. The van der Waals surface area contributed by atoms with Gasteiger partial charge in [0.15, 0.2) is 0 Å². The molecule has 3 aromatic rings. The van der Waals surface area contributed by atoms with E-state index in [0.29, 0.717) is 23.0 Å². The lowest BCUT2D eigenvalue weighted by Crippen LogP contribution is -2.00. The average Bonchev–Trinajstić information content (AvgIpc) is 2.53. The van der Waals surface area contributed by atoms with Crippen LogP contribution in [-0.2, 0) is 16.7 Å². The second kappa shape index (κ2) is 6.03. The fourth-order valence-corrected chi connectivity index (χ4v) is 2.96. The van der Waals surface area contributed by atoms with Crippen LogP contribution in [0.15, 0.2) is 59.5 Å². The molecule has 24 heavy (non-hydrogen) atoms. The van der Waals surface area contributed by atoms with Crippen LogP contribution in [0.4, 0.5) is 11.4 Å². The van der Waals surface area contributed by atoms with Gasteiger partial charge in [-0.1, -0.05) is 12.1 Å². The monoisotopic (exact) mass is 344 g/mol. The van der Waals surface area contributed by atoms with E-state index in [1.54, 1.807) is 18.2 Å². The Morgan fingerprint density at radius 1 is 1.00 bits per heavy atom. The second-order valence-corrected chi connectivity index (χ2v) is 6.87. The van der Waals surface area contributed by atoms with Crippen molar-refractivity contribution in [3.63, 3.8) is 0 Å². The van der Waals surface area contributed by atoms with Crippen LogP contribution < -0.4 is 11.1 Å². The van der Waals surface area contributed by atoms with Crippen molar-refractivity contribution in [2.45, 2.75) is 11.4 Å². The van der Waals surface area contributed by atoms with E-state index in [-0.39, 0.29) is 10.6 Å². The molecule has 0 aliphatic carbocycles. The first kappa shape index (κ1) is 16.1. The highest BCUT2D eigenvalue weighted by molar-refractivity contribution is 7.85. The zero-order valence-electron chi connectivity index (χ0n) is 12.6. The summed E-state index contributed by atoms with van der Waals surface area (Å²) in [7, 11) is -4.38. The predicted octanol–water partition coefficient (Wildman–Crippen LogP) is 2.99. The van der Waals surface area contributed by atoms with Gasteiger partial charge in [-0.25, -0.2) is 0 Å². The molecular formula is C17H16N2O4S. The number of hydrogen-bond acceptors (Lipinski definition) is 5. The van der Waals surface area contributed by atoms with Crippen molar-refractivity contribution in [2.75, 3.05) is 11.1 Å². The zero-order chi connectivity index (χ0) is 17.3. The quantitative estimate of drug-likeness (QED) is 0.427. The Kier molecular flexibility index (Phi) is 4.04. The molecule has 0 aliphatic heterocycles. The van der Waals surface area contributed by atoms with Crippen molar-refractivity contribution < 1.29 is 18.1 Å². The van der Waals surface area contributed by atoms with Gasteiger partial charge < -0.3 is 16.2 Å². The molecule has 6 nitrogen and oxygen atoms in total. The van der Waals surface area contributed by atoms with Crippen molar-refractivity contribution in [3.05, 3.63) is 60.2 Å². The number of hydrogen-bond donors (Lipinski definition) is 4. The smallest absolute Gasteiger partial charge is 0.294 e. The first-order chi connectivity index (χ1) is 11.3. The number of nitrogen functional groups attached to an aromatic ring is 1. The van der Waals surface area contributed by atoms with Crippen molar-refractivity contribution in [3.8, 4) is 5.75 Å². The van der Waals surface area contributed by atoms with E-state index in [4.69, 9.17) is 10.3 Å². The molecule has 3 rings (SSSR count). The third-order valence-corrected chi connectivity index (χ3v) is 4.51. The molecule has 0 aliphatic rings. The highest BCUT2D eigenvalue weighted by Gasteiger charge is 2.13. The third kappa shape index (κ3) is 3.42. The molecule has 0 spiro atoms. The minimum atomic E-state index is -4.38. The van der Waals surface area contributed by atoms with Gasteiger partial charge in [-0.3, -0.25) is 4.55 Å². The fraction of sp³-hybridized carbons (Fsp3) is 0.0588. The molecule has 124 valence electrons. The van der Waals surface area contributed by atoms with Gasteiger partial charge in [0.25, 0.3) is 10.1 Å². The third-order valence-electron chi connectivity index (χ3n) is 3.68. The standard InChI is InChI=1S/C17H16N2O4S/c18-13-3-1-11(2-4-13)10-19-14-5-6-16-12(7-14)8-15(9-17(16)20)24(21,22)23/h1-9,19-20H,10,18H2,(H,21,22,23). The van der Waals surface area contributed by atoms with E-state index in [1.807, 2.05) is 24.3 Å². The topological polar surface area (TPSA) is 113 Å². The molecule has 0 saturated carbocycles. The van der Waals surface area contributed by atoms with Gasteiger partial charge >= 0.3 is 0 Å². The SMILES string of the molecule is Nc1ccc(CNc2ccc3c(O)cc(S(=O)(=O)O)cc3c2)cc1. The largest absolute Gasteiger partial charge is 0.507 e. The Hall–Kier alpha value is -2.77. The average molecular weight is 344 g/mol. The first-order valence-corrected chi connectivity index (χ1v) is 8.59. The van der Waals surface area contributed by atoms with E-state index in [0.717, 1.165) is 17.3 Å². The Labute approximate surface area is 139 Å². The molecule has 0 aromatic heterocycles. The van der Waals surface area contributed by atoms with Crippen molar-refractivity contribution in [2.24, 2.45) is 0 Å². The number of nitrogens with two attached hydrogens (primary N) is 1. The van der Waals surface area contributed by atoms with Gasteiger partial charge in [0.05, 0.1) is 4.90 Å². The number of fused-ring (bicyclic) bond motifs is 1. The van der Waals surface area contributed by atoms with Crippen LogP contribution in [0.1, 0.15) is 5.56 Å². The maximum atomic E-state index is 11.3. The summed E-state index contributed by atoms with van der Waals surface area (Å²) in [6.07, 6.45) is 0. The van der Waals surface area contributed by atoms with Crippen molar-refractivity contribution in [1.29, 1.82) is 0 Å². The lowest BCUT2D eigenvalue weighted by molar-refractivity contribution is 0.471. The number of phenolic OH excluding ortho intramolecular Hbond substituents is 1. The molecule has 0 atom stereocenters. The summed E-state index contributed by atoms with van der Waals surface area (Å²) in [4.78, 5) is -0.344. The highest BCUT2D eigenvalue weighted by Crippen LogP contribution is 2.30. The molecule has 0 amide bonds. The Bertz CT molecular complexity index is 999. The van der Waals surface area contributed by atoms with Crippen LogP contribution in [0.5, 0.6) is 5.75 Å². The number of aromatic hydroxyl groups is 1. The lowest BCUT2D eigenvalue weighted by atomic mass is 10.1. The van der Waals surface area contributed by atoms with E-state index in [9.17, 15) is 13.5 Å². The number of nitrogens with one attached hydrogen (secondary N) is 1. The van der Waals surface area contributed by atoms with Crippen LogP contribution in [0.25, 0.3) is 10.8 Å². The number of anilines is 2. The van der Waals surface area contributed by atoms with Crippen LogP contribution >= 0.6 is 0 Å². The Morgan fingerprint density at radius 3 is 2.38 bits per heavy atom. The van der Waals surface area contributed by atoms with Gasteiger partial charge in [-0.15, -0.1) is 0 Å². The summed E-state index contributed by atoms with van der Waals surface area (Å²) >= 11 is 0. The molecule has 5 N–H and O–H groups in total. The minimum absolute atomic E-state index is 0.204. The van der Waals surface area contributed by atoms with Gasteiger partial charge in [0.1, 0.15) is 5.75 Å². The molecule has 0 bridgehead atoms. The molecular weight excluding hydrogens is 328 g/mol. The van der Waals surface area contributed by atoms with Gasteiger partial charge in [-0.05, 0) is 47.3 Å². The second-order valence-electron chi connectivity index (χ2n) is 5.45. The lowest BCUT2D eigenvalue weighted by Gasteiger charge is -2.10. The van der Waals surface area contributed by atoms with Gasteiger partial charge in [0.2, 0.25) is 0 Å². The van der Waals surface area contributed by atoms with E-state index >= 15 is 0 Å². The van der Waals surface area contributed by atoms with Crippen LogP contribution in [0.2, 0.25) is 0 Å². The van der Waals surface area contributed by atoms with Crippen LogP contribution in [0.3, 0.4) is 0 Å². The molecule has 7 heteroatoms. The Morgan fingerprint density at radius 2 is 1.71 bits per heavy atom. The van der Waals surface area contributed by atoms with Gasteiger partial charge in [0, 0.05) is 29.4 Å². The summed E-state index contributed by atoms with van der Waals surface area (Å²) in [5, 5.41) is 14.2. The summed E-state index contributed by atoms with van der Waals surface area (Å²) in [6, 6.07) is 15.0. The number of rotatable bonds is 4. The molecule has 0 unspecified atom stereocenters. The minimum Gasteiger partial charge on any atom is -0.507 e. The van der Waals surface area contributed by atoms with E-state index in [1.165, 1.54) is 6.07 Å². The zero-order valence-corrected chi connectivity index (χ0v) is 13.4. The molecule has 3 aromatic carbocycles. The molecule has 0 heterocycles. The summed E-state index contributed by atoms with van der Waals surface area (Å²) < 4.78 is 31.7.